The van der Waals surface area contributed by atoms with E-state index in [9.17, 15) is 0 Å². The number of nitrogens with zero attached hydrogens (tertiary/aromatic N) is 3. The predicted molar refractivity (Wildman–Crippen MR) is 80.2 cm³/mol. The van der Waals surface area contributed by atoms with Gasteiger partial charge in [-0.1, -0.05) is 30.3 Å². The highest BCUT2D eigenvalue weighted by molar-refractivity contribution is 5.63. The van der Waals surface area contributed by atoms with Crippen LogP contribution in [0.25, 0.3) is 11.1 Å². The van der Waals surface area contributed by atoms with Gasteiger partial charge in [0.15, 0.2) is 0 Å². The molecule has 0 bridgehead atoms. The second kappa shape index (κ2) is 5.57. The van der Waals surface area contributed by atoms with Crippen molar-refractivity contribution in [3.63, 3.8) is 0 Å². The van der Waals surface area contributed by atoms with Gasteiger partial charge in [0.25, 0.3) is 0 Å². The molecule has 0 radical (unpaired) electrons. The van der Waals surface area contributed by atoms with E-state index in [2.05, 4.69) is 33.6 Å². The van der Waals surface area contributed by atoms with Crippen molar-refractivity contribution in [2.75, 3.05) is 5.32 Å². The van der Waals surface area contributed by atoms with Crippen LogP contribution in [0.5, 0.6) is 0 Å². The van der Waals surface area contributed by atoms with E-state index in [-0.39, 0.29) is 0 Å². The Kier molecular flexibility index (Phi) is 3.46. The topological polar surface area (TPSA) is 42.7 Å². The zero-order valence-corrected chi connectivity index (χ0v) is 11.3. The summed E-state index contributed by atoms with van der Waals surface area (Å²) in [5, 5.41) is 7.43. The molecular weight excluding hydrogens is 248 g/mol. The number of benzene rings is 1. The highest BCUT2D eigenvalue weighted by Crippen LogP contribution is 2.19. The lowest BCUT2D eigenvalue weighted by molar-refractivity contribution is 0.767. The van der Waals surface area contributed by atoms with Crippen LogP contribution >= 0.6 is 0 Å². The van der Waals surface area contributed by atoms with Crippen LogP contribution in [0.2, 0.25) is 0 Å². The molecule has 0 aliphatic rings. The van der Waals surface area contributed by atoms with Crippen molar-refractivity contribution >= 4 is 5.82 Å². The van der Waals surface area contributed by atoms with Crippen molar-refractivity contribution in [3.8, 4) is 11.1 Å². The smallest absolute Gasteiger partial charge is 0.126 e. The minimum Gasteiger partial charge on any atom is -0.366 e. The van der Waals surface area contributed by atoms with E-state index in [0.29, 0.717) is 0 Å². The molecule has 3 aromatic rings. The molecule has 0 fully saturated rings. The molecule has 0 unspecified atom stereocenters. The van der Waals surface area contributed by atoms with Gasteiger partial charge in [0.05, 0.1) is 6.20 Å². The van der Waals surface area contributed by atoms with Crippen molar-refractivity contribution in [2.24, 2.45) is 7.05 Å². The Morgan fingerprint density at radius 3 is 2.50 bits per heavy atom. The van der Waals surface area contributed by atoms with Crippen LogP contribution in [-0.4, -0.2) is 14.8 Å². The van der Waals surface area contributed by atoms with Crippen molar-refractivity contribution in [3.05, 3.63) is 66.6 Å². The highest BCUT2D eigenvalue weighted by atomic mass is 15.2. The Morgan fingerprint density at radius 2 is 1.85 bits per heavy atom. The van der Waals surface area contributed by atoms with Gasteiger partial charge < -0.3 is 5.32 Å². The maximum atomic E-state index is 4.44. The number of hydrogen-bond donors (Lipinski definition) is 1. The fraction of sp³-hybridized carbons (Fsp3) is 0.125. The van der Waals surface area contributed by atoms with Crippen LogP contribution in [0.3, 0.4) is 0 Å². The fourth-order valence-electron chi connectivity index (χ4n) is 2.06. The summed E-state index contributed by atoms with van der Waals surface area (Å²) in [6, 6.07) is 14.3. The Bertz CT molecular complexity index is 671. The number of pyridine rings is 1. The van der Waals surface area contributed by atoms with Crippen LogP contribution in [0.4, 0.5) is 5.82 Å². The van der Waals surface area contributed by atoms with E-state index < -0.39 is 0 Å². The van der Waals surface area contributed by atoms with Gasteiger partial charge in [-0.25, -0.2) is 4.98 Å². The first-order valence-corrected chi connectivity index (χ1v) is 6.54. The van der Waals surface area contributed by atoms with Crippen molar-refractivity contribution in [1.29, 1.82) is 0 Å². The van der Waals surface area contributed by atoms with E-state index in [1.165, 1.54) is 5.56 Å². The standard InChI is InChI=1S/C16H16N4/c1-20-12-13(10-19-20)9-17-16-8-7-15(11-18-16)14-5-3-2-4-6-14/h2-8,10-12H,9H2,1H3,(H,17,18). The van der Waals surface area contributed by atoms with Crippen LogP contribution < -0.4 is 5.32 Å². The zero-order valence-electron chi connectivity index (χ0n) is 11.3. The number of aromatic nitrogens is 3. The molecule has 20 heavy (non-hydrogen) atoms. The summed E-state index contributed by atoms with van der Waals surface area (Å²) < 4.78 is 1.79. The summed E-state index contributed by atoms with van der Waals surface area (Å²) in [6.45, 7) is 0.728. The van der Waals surface area contributed by atoms with Gasteiger partial charge in [0.2, 0.25) is 0 Å². The number of anilines is 1. The first-order valence-electron chi connectivity index (χ1n) is 6.54. The second-order valence-corrected chi connectivity index (χ2v) is 4.67. The summed E-state index contributed by atoms with van der Waals surface area (Å²) in [7, 11) is 1.91. The molecule has 4 nitrogen and oxygen atoms in total. The quantitative estimate of drug-likeness (QED) is 0.787. The zero-order chi connectivity index (χ0) is 13.8. The molecule has 100 valence electrons. The van der Waals surface area contributed by atoms with Crippen LogP contribution in [0.1, 0.15) is 5.56 Å². The molecule has 0 saturated heterocycles. The first kappa shape index (κ1) is 12.4. The number of rotatable bonds is 4. The maximum Gasteiger partial charge on any atom is 0.126 e. The van der Waals surface area contributed by atoms with Crippen molar-refractivity contribution in [1.82, 2.24) is 14.8 Å². The van der Waals surface area contributed by atoms with Crippen molar-refractivity contribution < 1.29 is 0 Å². The van der Waals surface area contributed by atoms with Gasteiger partial charge >= 0.3 is 0 Å². The molecule has 0 spiro atoms. The fourth-order valence-corrected chi connectivity index (χ4v) is 2.06. The van der Waals surface area contributed by atoms with Gasteiger partial charge in [-0.3, -0.25) is 4.68 Å². The number of nitrogens with one attached hydrogen (secondary N) is 1. The summed E-state index contributed by atoms with van der Waals surface area (Å²) in [5.74, 6) is 0.869. The lowest BCUT2D eigenvalue weighted by Gasteiger charge is -2.05. The maximum absolute atomic E-state index is 4.44. The molecule has 1 N–H and O–H groups in total. The largest absolute Gasteiger partial charge is 0.366 e. The Balaban J connectivity index is 1.67. The van der Waals surface area contributed by atoms with E-state index in [1.54, 1.807) is 4.68 Å². The molecule has 0 atom stereocenters. The Labute approximate surface area is 118 Å². The van der Waals surface area contributed by atoms with Gasteiger partial charge in [-0.15, -0.1) is 0 Å². The molecule has 0 amide bonds. The number of hydrogen-bond acceptors (Lipinski definition) is 3. The first-order chi connectivity index (χ1) is 9.81. The van der Waals surface area contributed by atoms with Crippen LogP contribution in [-0.2, 0) is 13.6 Å². The molecular formula is C16H16N4. The van der Waals surface area contributed by atoms with E-state index >= 15 is 0 Å². The van der Waals surface area contributed by atoms with Crippen molar-refractivity contribution in [2.45, 2.75) is 6.54 Å². The summed E-state index contributed by atoms with van der Waals surface area (Å²) in [4.78, 5) is 4.44. The molecule has 1 aromatic carbocycles. The molecule has 4 heteroatoms. The minimum atomic E-state index is 0.728. The van der Waals surface area contributed by atoms with Crippen LogP contribution in [0, 0.1) is 0 Å². The molecule has 2 heterocycles. The normalized spacial score (nSPS) is 10.4. The lowest BCUT2D eigenvalue weighted by atomic mass is 10.1. The lowest BCUT2D eigenvalue weighted by Crippen LogP contribution is -2.00. The van der Waals surface area contributed by atoms with E-state index in [4.69, 9.17) is 0 Å². The highest BCUT2D eigenvalue weighted by Gasteiger charge is 2.00. The summed E-state index contributed by atoms with van der Waals surface area (Å²) >= 11 is 0. The summed E-state index contributed by atoms with van der Waals surface area (Å²) in [6.07, 6.45) is 5.73. The van der Waals surface area contributed by atoms with Gasteiger partial charge in [-0.05, 0) is 17.7 Å². The van der Waals surface area contributed by atoms with Gasteiger partial charge in [0, 0.05) is 37.1 Å². The average Bonchev–Trinajstić information content (AvgIpc) is 2.92. The third-order valence-electron chi connectivity index (χ3n) is 3.10. The van der Waals surface area contributed by atoms with Gasteiger partial charge in [0.1, 0.15) is 5.82 Å². The third kappa shape index (κ3) is 2.85. The molecule has 0 saturated carbocycles. The monoisotopic (exact) mass is 264 g/mol. The molecule has 0 aliphatic heterocycles. The number of aryl methyl sites for hydroxylation is 1. The van der Waals surface area contributed by atoms with Gasteiger partial charge in [-0.2, -0.15) is 5.10 Å². The molecule has 2 aromatic heterocycles. The Hall–Kier alpha value is -2.62. The molecule has 0 aliphatic carbocycles. The van der Waals surface area contributed by atoms with Crippen LogP contribution in [0.15, 0.2) is 61.1 Å². The SMILES string of the molecule is Cn1cc(CNc2ccc(-c3ccccc3)cn2)cn1. The third-order valence-corrected chi connectivity index (χ3v) is 3.10. The minimum absolute atomic E-state index is 0.728. The Morgan fingerprint density at radius 1 is 1.00 bits per heavy atom. The predicted octanol–water partition coefficient (Wildman–Crippen LogP) is 3.09. The summed E-state index contributed by atoms with van der Waals surface area (Å²) in [5.41, 5.74) is 3.44. The van der Waals surface area contributed by atoms with E-state index in [1.807, 2.05) is 49.9 Å². The second-order valence-electron chi connectivity index (χ2n) is 4.67. The van der Waals surface area contributed by atoms with E-state index in [0.717, 1.165) is 23.5 Å². The average molecular weight is 264 g/mol. The molecule has 3 rings (SSSR count).